The number of quaternary nitrogens is 1. The predicted molar refractivity (Wildman–Crippen MR) is 129 cm³/mol. The minimum absolute atomic E-state index is 0.114. The van der Waals surface area contributed by atoms with Gasteiger partial charge in [-0.25, -0.2) is 9.97 Å². The predicted octanol–water partition coefficient (Wildman–Crippen LogP) is 2.12. The molecule has 0 bridgehead atoms. The minimum Gasteiger partial charge on any atom is -0.454 e. The van der Waals surface area contributed by atoms with Gasteiger partial charge in [-0.1, -0.05) is 0 Å². The van der Waals surface area contributed by atoms with Crippen LogP contribution in [0.1, 0.15) is 34.6 Å². The van der Waals surface area contributed by atoms with E-state index in [0.717, 1.165) is 83.8 Å². The summed E-state index contributed by atoms with van der Waals surface area (Å²) in [6, 6.07) is 6.16. The van der Waals surface area contributed by atoms with Gasteiger partial charge in [-0.3, -0.25) is 4.79 Å². The number of nitrogens with zero attached hydrogens (tertiary/aromatic N) is 4. The Balaban J connectivity index is 1.28. The van der Waals surface area contributed by atoms with E-state index in [4.69, 9.17) is 9.47 Å². The molecule has 0 atom stereocenters. The van der Waals surface area contributed by atoms with Gasteiger partial charge in [-0.05, 0) is 44.5 Å². The van der Waals surface area contributed by atoms with Crippen LogP contribution in [0.4, 0.5) is 5.82 Å². The van der Waals surface area contributed by atoms with Crippen molar-refractivity contribution in [2.24, 2.45) is 0 Å². The van der Waals surface area contributed by atoms with E-state index in [0.29, 0.717) is 6.79 Å². The first-order chi connectivity index (χ1) is 16.1. The zero-order valence-electron chi connectivity index (χ0n) is 19.4. The van der Waals surface area contributed by atoms with Crippen molar-refractivity contribution >= 4 is 33.3 Å². The monoisotopic (exact) mass is 468 g/mol. The van der Waals surface area contributed by atoms with Crippen LogP contribution in [0.25, 0.3) is 10.2 Å². The maximum absolute atomic E-state index is 13.4. The number of aryl methyl sites for hydroxylation is 1. The summed E-state index contributed by atoms with van der Waals surface area (Å²) in [5.41, 5.74) is 2.23. The Morgan fingerprint density at radius 2 is 1.91 bits per heavy atom. The van der Waals surface area contributed by atoms with Crippen LogP contribution in [-0.4, -0.2) is 66.8 Å². The number of carbonyl (C=O) groups excluding carboxylic acids is 1. The number of anilines is 1. The van der Waals surface area contributed by atoms with Crippen LogP contribution in [0.3, 0.4) is 0 Å². The largest absolute Gasteiger partial charge is 0.454 e. The maximum atomic E-state index is 13.4. The maximum Gasteiger partial charge on any atom is 0.264 e. The number of ether oxygens (including phenoxy) is 2. The Kier molecular flexibility index (Phi) is 6.07. The standard InChI is InChI=1S/C24H29N5O3S/c1-4-28(5-2)22-20-16(3)21(33-23(20)26-14-25-22)24(30)29-10-8-27(9-11-29)13-17-6-7-18-19(12-17)32-15-31-18/h6-7,12,14H,4-5,8-11,13,15H2,1-3H3/p+1. The summed E-state index contributed by atoms with van der Waals surface area (Å²) in [4.78, 5) is 29.8. The van der Waals surface area contributed by atoms with E-state index >= 15 is 0 Å². The van der Waals surface area contributed by atoms with E-state index in [1.807, 2.05) is 17.9 Å². The fourth-order valence-electron chi connectivity index (χ4n) is 4.71. The number of amides is 1. The molecular formula is C24H30N5O3S+. The number of piperazine rings is 1. The summed E-state index contributed by atoms with van der Waals surface area (Å²) < 4.78 is 10.9. The van der Waals surface area contributed by atoms with Gasteiger partial charge in [0.15, 0.2) is 11.5 Å². The van der Waals surface area contributed by atoms with Crippen LogP contribution in [0.15, 0.2) is 24.5 Å². The molecule has 0 saturated carbocycles. The molecule has 8 nitrogen and oxygen atoms in total. The second-order valence-corrected chi connectivity index (χ2v) is 9.51. The van der Waals surface area contributed by atoms with Gasteiger partial charge in [0.25, 0.3) is 5.91 Å². The number of aromatic nitrogens is 2. The lowest BCUT2D eigenvalue weighted by molar-refractivity contribution is -0.917. The average Bonchev–Trinajstić information content (AvgIpc) is 3.44. The van der Waals surface area contributed by atoms with Crippen molar-refractivity contribution in [2.75, 3.05) is 51.0 Å². The van der Waals surface area contributed by atoms with E-state index < -0.39 is 0 Å². The molecule has 1 N–H and O–H groups in total. The van der Waals surface area contributed by atoms with Crippen molar-refractivity contribution in [3.05, 3.63) is 40.5 Å². The van der Waals surface area contributed by atoms with Crippen molar-refractivity contribution in [2.45, 2.75) is 27.3 Å². The molecule has 2 aliphatic rings. The average molecular weight is 469 g/mol. The van der Waals surface area contributed by atoms with Crippen LogP contribution >= 0.6 is 11.3 Å². The van der Waals surface area contributed by atoms with Crippen molar-refractivity contribution in [3.8, 4) is 11.5 Å². The molecule has 0 aliphatic carbocycles. The highest BCUT2D eigenvalue weighted by Gasteiger charge is 2.29. The van der Waals surface area contributed by atoms with Crippen LogP contribution in [-0.2, 0) is 6.54 Å². The summed E-state index contributed by atoms with van der Waals surface area (Å²) in [5, 5.41) is 1.02. The quantitative estimate of drug-likeness (QED) is 0.598. The van der Waals surface area contributed by atoms with E-state index in [2.05, 4.69) is 40.8 Å². The Bertz CT molecular complexity index is 1170. The highest BCUT2D eigenvalue weighted by molar-refractivity contribution is 7.20. The third kappa shape index (κ3) is 4.11. The Morgan fingerprint density at radius 3 is 2.67 bits per heavy atom. The molecule has 1 saturated heterocycles. The summed E-state index contributed by atoms with van der Waals surface area (Å²) in [7, 11) is 0. The third-order valence-corrected chi connectivity index (χ3v) is 7.80. The van der Waals surface area contributed by atoms with E-state index in [1.165, 1.54) is 21.8 Å². The Morgan fingerprint density at radius 1 is 1.15 bits per heavy atom. The highest BCUT2D eigenvalue weighted by atomic mass is 32.1. The van der Waals surface area contributed by atoms with Gasteiger partial charge in [-0.15, -0.1) is 11.3 Å². The number of rotatable bonds is 6. The molecule has 0 radical (unpaired) electrons. The van der Waals surface area contributed by atoms with Crippen LogP contribution in [0.5, 0.6) is 11.5 Å². The second kappa shape index (κ2) is 9.15. The summed E-state index contributed by atoms with van der Waals surface area (Å²) in [5.74, 6) is 2.68. The molecule has 5 rings (SSSR count). The third-order valence-electron chi connectivity index (χ3n) is 6.61. The number of fused-ring (bicyclic) bond motifs is 2. The summed E-state index contributed by atoms with van der Waals surface area (Å²) in [6.45, 7) is 12.6. The number of nitrogens with one attached hydrogen (secondary N) is 1. The first-order valence-corrected chi connectivity index (χ1v) is 12.4. The van der Waals surface area contributed by atoms with Gasteiger partial charge in [-0.2, -0.15) is 0 Å². The van der Waals surface area contributed by atoms with Crippen LogP contribution in [0.2, 0.25) is 0 Å². The van der Waals surface area contributed by atoms with E-state index in [-0.39, 0.29) is 5.91 Å². The molecule has 9 heteroatoms. The number of carbonyl (C=O) groups is 1. The molecular weight excluding hydrogens is 438 g/mol. The fraction of sp³-hybridized carbons (Fsp3) is 0.458. The normalized spacial score (nSPS) is 15.9. The van der Waals surface area contributed by atoms with Gasteiger partial charge < -0.3 is 24.2 Å². The molecule has 174 valence electrons. The fourth-order valence-corrected chi connectivity index (χ4v) is 5.82. The van der Waals surface area contributed by atoms with Gasteiger partial charge >= 0.3 is 0 Å². The van der Waals surface area contributed by atoms with Crippen molar-refractivity contribution < 1.29 is 19.2 Å². The molecule has 2 aliphatic heterocycles. The molecule has 4 heterocycles. The first-order valence-electron chi connectivity index (χ1n) is 11.6. The van der Waals surface area contributed by atoms with Gasteiger partial charge in [0.05, 0.1) is 36.4 Å². The van der Waals surface area contributed by atoms with Crippen molar-refractivity contribution in [3.63, 3.8) is 0 Å². The van der Waals surface area contributed by atoms with Crippen molar-refractivity contribution in [1.82, 2.24) is 14.9 Å². The molecule has 1 aromatic carbocycles. The highest BCUT2D eigenvalue weighted by Crippen LogP contribution is 2.35. The van der Waals surface area contributed by atoms with Crippen molar-refractivity contribution in [1.29, 1.82) is 0 Å². The topological polar surface area (TPSA) is 72.2 Å². The number of hydrogen-bond donors (Lipinski definition) is 1. The van der Waals surface area contributed by atoms with Gasteiger partial charge in [0, 0.05) is 18.7 Å². The molecule has 1 fully saturated rings. The molecule has 0 spiro atoms. The number of thiophene rings is 1. The van der Waals surface area contributed by atoms with Crippen LogP contribution < -0.4 is 19.3 Å². The molecule has 2 aromatic heterocycles. The lowest BCUT2D eigenvalue weighted by atomic mass is 10.1. The molecule has 1 amide bonds. The lowest BCUT2D eigenvalue weighted by Crippen LogP contribution is -3.13. The lowest BCUT2D eigenvalue weighted by Gasteiger charge is -2.32. The summed E-state index contributed by atoms with van der Waals surface area (Å²) in [6.07, 6.45) is 1.61. The second-order valence-electron chi connectivity index (χ2n) is 8.51. The minimum atomic E-state index is 0.114. The zero-order valence-corrected chi connectivity index (χ0v) is 20.2. The summed E-state index contributed by atoms with van der Waals surface area (Å²) >= 11 is 1.49. The molecule has 3 aromatic rings. The van der Waals surface area contributed by atoms with E-state index in [1.54, 1.807) is 6.33 Å². The van der Waals surface area contributed by atoms with E-state index in [9.17, 15) is 4.79 Å². The SMILES string of the molecule is CCN(CC)c1ncnc2sc(C(=O)N3CC[NH+](Cc4ccc5c(c4)OCO5)CC3)c(C)c12. The molecule has 0 unspecified atom stereocenters. The first kappa shape index (κ1) is 21.9. The number of hydrogen-bond acceptors (Lipinski definition) is 7. The smallest absolute Gasteiger partial charge is 0.264 e. The van der Waals surface area contributed by atoms with Crippen LogP contribution in [0, 0.1) is 6.92 Å². The zero-order chi connectivity index (χ0) is 22.9. The van der Waals surface area contributed by atoms with Gasteiger partial charge in [0.2, 0.25) is 6.79 Å². The number of benzene rings is 1. The Labute approximate surface area is 197 Å². The molecule has 33 heavy (non-hydrogen) atoms. The van der Waals surface area contributed by atoms with Gasteiger partial charge in [0.1, 0.15) is 23.5 Å². The Hall–Kier alpha value is -2.91.